The molecule has 0 amide bonds. The van der Waals surface area contributed by atoms with Crippen LogP contribution in [-0.2, 0) is 0 Å². The maximum absolute atomic E-state index is 8.76. The Bertz CT molecular complexity index is 687. The highest BCUT2D eigenvalue weighted by molar-refractivity contribution is 5.54. The van der Waals surface area contributed by atoms with Crippen molar-refractivity contribution in [2.45, 2.75) is 26.2 Å². The van der Waals surface area contributed by atoms with E-state index in [1.54, 1.807) is 24.3 Å². The molecule has 118 valence electrons. The molecule has 0 saturated heterocycles. The molecular formula is C17H20N6. The zero-order valence-electron chi connectivity index (χ0n) is 13.2. The van der Waals surface area contributed by atoms with Crippen LogP contribution in [0.5, 0.6) is 0 Å². The van der Waals surface area contributed by atoms with Gasteiger partial charge in [-0.15, -0.1) is 0 Å². The highest BCUT2D eigenvalue weighted by Gasteiger charge is 2.14. The van der Waals surface area contributed by atoms with Crippen LogP contribution in [-0.4, -0.2) is 12.3 Å². The lowest BCUT2D eigenvalue weighted by Gasteiger charge is -2.32. The van der Waals surface area contributed by atoms with Crippen LogP contribution < -0.4 is 16.4 Å². The van der Waals surface area contributed by atoms with Crippen LogP contribution in [0.25, 0.3) is 0 Å². The second-order valence-corrected chi connectivity index (χ2v) is 5.26. The molecule has 2 atom stereocenters. The molecule has 6 heteroatoms. The van der Waals surface area contributed by atoms with Crippen molar-refractivity contribution in [2.24, 2.45) is 21.7 Å². The molecule has 6 nitrogen and oxygen atoms in total. The highest BCUT2D eigenvalue weighted by atomic mass is 15.3. The lowest BCUT2D eigenvalue weighted by Crippen LogP contribution is -2.49. The van der Waals surface area contributed by atoms with Crippen molar-refractivity contribution in [3.8, 4) is 6.07 Å². The summed E-state index contributed by atoms with van der Waals surface area (Å²) in [6.07, 6.45) is -0.359. The largest absolute Gasteiger partial charge is 0.341 e. The van der Waals surface area contributed by atoms with E-state index in [4.69, 9.17) is 16.7 Å². The maximum Gasteiger partial charge on any atom is 0.0991 e. The molecule has 0 bridgehead atoms. The van der Waals surface area contributed by atoms with Crippen LogP contribution in [0, 0.1) is 11.3 Å². The van der Waals surface area contributed by atoms with Crippen LogP contribution in [0.1, 0.15) is 19.4 Å². The van der Waals surface area contributed by atoms with Gasteiger partial charge in [0.05, 0.1) is 35.3 Å². The van der Waals surface area contributed by atoms with Gasteiger partial charge in [-0.3, -0.25) is 0 Å². The standard InChI is InChI=1S/C17H20N6/c1-12(19)23(13(2)20)17-9-7-16(8-10-17)22-21-15-5-3-14(11-18)4-6-15/h3-10,12-13H,19-20H2,1-2H3. The predicted molar refractivity (Wildman–Crippen MR) is 91.6 cm³/mol. The number of anilines is 1. The van der Waals surface area contributed by atoms with Crippen molar-refractivity contribution in [2.75, 3.05) is 4.90 Å². The third-order valence-electron chi connectivity index (χ3n) is 3.30. The van der Waals surface area contributed by atoms with Crippen molar-refractivity contribution in [3.05, 3.63) is 54.1 Å². The fraction of sp³-hybridized carbons (Fsp3) is 0.235. The Morgan fingerprint density at radius 2 is 1.30 bits per heavy atom. The van der Waals surface area contributed by atoms with Gasteiger partial charge in [-0.2, -0.15) is 15.5 Å². The number of benzene rings is 2. The van der Waals surface area contributed by atoms with E-state index >= 15 is 0 Å². The molecule has 2 aromatic rings. The average Bonchev–Trinajstić information content (AvgIpc) is 2.54. The smallest absolute Gasteiger partial charge is 0.0991 e. The number of hydrogen-bond acceptors (Lipinski definition) is 6. The monoisotopic (exact) mass is 308 g/mol. The summed E-state index contributed by atoms with van der Waals surface area (Å²) in [5, 5.41) is 17.1. The zero-order chi connectivity index (χ0) is 16.8. The van der Waals surface area contributed by atoms with Gasteiger partial charge in [-0.05, 0) is 62.4 Å². The summed E-state index contributed by atoms with van der Waals surface area (Å²) in [7, 11) is 0. The minimum Gasteiger partial charge on any atom is -0.341 e. The first-order valence-corrected chi connectivity index (χ1v) is 7.32. The molecule has 0 heterocycles. The van der Waals surface area contributed by atoms with E-state index in [2.05, 4.69) is 16.3 Å². The molecule has 0 aliphatic heterocycles. The Labute approximate surface area is 136 Å². The molecule has 0 saturated carbocycles. The van der Waals surface area contributed by atoms with Crippen molar-refractivity contribution >= 4 is 17.1 Å². The van der Waals surface area contributed by atoms with Gasteiger partial charge in [0.1, 0.15) is 0 Å². The molecule has 0 aromatic heterocycles. The average molecular weight is 308 g/mol. The van der Waals surface area contributed by atoms with Gasteiger partial charge in [-0.1, -0.05) is 0 Å². The molecule has 2 unspecified atom stereocenters. The molecule has 0 aliphatic rings. The summed E-state index contributed by atoms with van der Waals surface area (Å²) < 4.78 is 0. The molecule has 2 aromatic carbocycles. The Balaban J connectivity index is 2.13. The molecule has 23 heavy (non-hydrogen) atoms. The van der Waals surface area contributed by atoms with Gasteiger partial charge in [0.15, 0.2) is 0 Å². The van der Waals surface area contributed by atoms with Crippen LogP contribution in [0.3, 0.4) is 0 Å². The third-order valence-corrected chi connectivity index (χ3v) is 3.30. The minimum atomic E-state index is -0.180. The maximum atomic E-state index is 8.76. The number of nitrogens with two attached hydrogens (primary N) is 2. The number of azo groups is 1. The van der Waals surface area contributed by atoms with Crippen molar-refractivity contribution in [1.82, 2.24) is 0 Å². The van der Waals surface area contributed by atoms with Gasteiger partial charge in [0, 0.05) is 5.69 Å². The number of nitriles is 1. The Hall–Kier alpha value is -2.75. The molecule has 2 rings (SSSR count). The second kappa shape index (κ2) is 7.49. The Morgan fingerprint density at radius 3 is 1.70 bits per heavy atom. The summed E-state index contributed by atoms with van der Waals surface area (Å²) in [6, 6.07) is 16.5. The molecule has 4 N–H and O–H groups in total. The van der Waals surface area contributed by atoms with E-state index in [0.29, 0.717) is 11.3 Å². The van der Waals surface area contributed by atoms with Crippen LogP contribution in [0.2, 0.25) is 0 Å². The third kappa shape index (κ3) is 4.36. The molecule has 0 aliphatic carbocycles. The first-order chi connectivity index (χ1) is 11.0. The van der Waals surface area contributed by atoms with E-state index in [1.807, 2.05) is 43.0 Å². The van der Waals surface area contributed by atoms with Crippen LogP contribution >= 0.6 is 0 Å². The van der Waals surface area contributed by atoms with Crippen LogP contribution in [0.15, 0.2) is 58.8 Å². The fourth-order valence-corrected chi connectivity index (χ4v) is 2.25. The molecule has 0 fully saturated rings. The highest BCUT2D eigenvalue weighted by Crippen LogP contribution is 2.23. The van der Waals surface area contributed by atoms with E-state index in [-0.39, 0.29) is 12.3 Å². The van der Waals surface area contributed by atoms with Crippen LogP contribution in [0.4, 0.5) is 17.1 Å². The topological polar surface area (TPSA) is 104 Å². The SMILES string of the molecule is CC(N)N(c1ccc(N=Nc2ccc(C#N)cc2)cc1)C(C)N. The quantitative estimate of drug-likeness (QED) is 0.652. The first-order valence-electron chi connectivity index (χ1n) is 7.32. The summed E-state index contributed by atoms with van der Waals surface area (Å²) in [5.74, 6) is 0. The predicted octanol–water partition coefficient (Wildman–Crippen LogP) is 3.39. The summed E-state index contributed by atoms with van der Waals surface area (Å²) in [5.41, 5.74) is 14.9. The van der Waals surface area contributed by atoms with E-state index < -0.39 is 0 Å². The van der Waals surface area contributed by atoms with E-state index in [9.17, 15) is 0 Å². The lowest BCUT2D eigenvalue weighted by atomic mass is 10.2. The summed E-state index contributed by atoms with van der Waals surface area (Å²) in [6.45, 7) is 3.78. The first kappa shape index (κ1) is 16.6. The van der Waals surface area contributed by atoms with Gasteiger partial charge < -0.3 is 16.4 Å². The zero-order valence-corrected chi connectivity index (χ0v) is 13.2. The summed E-state index contributed by atoms with van der Waals surface area (Å²) in [4.78, 5) is 1.92. The number of nitrogens with zero attached hydrogens (tertiary/aromatic N) is 4. The molecular weight excluding hydrogens is 288 g/mol. The van der Waals surface area contributed by atoms with Gasteiger partial charge in [0.2, 0.25) is 0 Å². The number of rotatable bonds is 5. The molecule has 0 radical (unpaired) electrons. The van der Waals surface area contributed by atoms with Crippen molar-refractivity contribution in [1.29, 1.82) is 5.26 Å². The van der Waals surface area contributed by atoms with Crippen molar-refractivity contribution in [3.63, 3.8) is 0 Å². The van der Waals surface area contributed by atoms with Crippen molar-refractivity contribution < 1.29 is 0 Å². The van der Waals surface area contributed by atoms with Gasteiger partial charge in [0.25, 0.3) is 0 Å². The Kier molecular flexibility index (Phi) is 5.41. The summed E-state index contributed by atoms with van der Waals surface area (Å²) >= 11 is 0. The minimum absolute atomic E-state index is 0.180. The van der Waals surface area contributed by atoms with E-state index in [1.165, 1.54) is 0 Å². The van der Waals surface area contributed by atoms with Gasteiger partial charge in [-0.25, -0.2) is 0 Å². The number of hydrogen-bond donors (Lipinski definition) is 2. The lowest BCUT2D eigenvalue weighted by molar-refractivity contribution is 0.574. The van der Waals surface area contributed by atoms with Gasteiger partial charge >= 0.3 is 0 Å². The Morgan fingerprint density at radius 1 is 0.870 bits per heavy atom. The normalized spacial score (nSPS) is 13.5. The molecule has 0 spiro atoms. The second-order valence-electron chi connectivity index (χ2n) is 5.26. The van der Waals surface area contributed by atoms with E-state index in [0.717, 1.165) is 11.4 Å². The fourth-order valence-electron chi connectivity index (χ4n) is 2.25.